The van der Waals surface area contributed by atoms with Crippen LogP contribution in [0.4, 0.5) is 0 Å². The number of carbonyl (C=O) groups is 2. The average molecular weight is 271 g/mol. The largest absolute Gasteiger partial charge is 0.359 e. The van der Waals surface area contributed by atoms with Gasteiger partial charge in [0.1, 0.15) is 0 Å². The summed E-state index contributed by atoms with van der Waals surface area (Å²) in [5.41, 5.74) is 5.65. The van der Waals surface area contributed by atoms with Crippen LogP contribution >= 0.6 is 0 Å². The molecule has 112 valence electrons. The summed E-state index contributed by atoms with van der Waals surface area (Å²) in [6.07, 6.45) is 2.24. The van der Waals surface area contributed by atoms with E-state index in [1.54, 1.807) is 19.0 Å². The van der Waals surface area contributed by atoms with Gasteiger partial charge in [0.2, 0.25) is 11.8 Å². The van der Waals surface area contributed by atoms with Gasteiger partial charge in [-0.15, -0.1) is 0 Å². The van der Waals surface area contributed by atoms with E-state index in [0.717, 1.165) is 12.8 Å². The maximum Gasteiger partial charge on any atom is 0.224 e. The molecule has 0 fully saturated rings. The molecule has 0 aromatic heterocycles. The van der Waals surface area contributed by atoms with Crippen molar-refractivity contribution in [1.29, 1.82) is 0 Å². The first-order valence-corrected chi connectivity index (χ1v) is 6.89. The van der Waals surface area contributed by atoms with E-state index in [0.29, 0.717) is 19.5 Å². The molecule has 0 aliphatic carbocycles. The number of rotatable bonds is 8. The van der Waals surface area contributed by atoms with Crippen LogP contribution in [0.15, 0.2) is 0 Å². The number of amides is 2. The third-order valence-electron chi connectivity index (χ3n) is 3.50. The summed E-state index contributed by atoms with van der Waals surface area (Å²) in [4.78, 5) is 25.0. The first-order valence-electron chi connectivity index (χ1n) is 6.89. The van der Waals surface area contributed by atoms with E-state index in [4.69, 9.17) is 5.73 Å². The maximum absolute atomic E-state index is 12.0. The molecule has 3 N–H and O–H groups in total. The minimum Gasteiger partial charge on any atom is -0.359 e. The van der Waals surface area contributed by atoms with Crippen LogP contribution in [0, 0.1) is 11.3 Å². The first-order chi connectivity index (χ1) is 8.73. The molecule has 0 aromatic rings. The molecule has 1 atom stereocenters. The van der Waals surface area contributed by atoms with Gasteiger partial charge in [-0.1, -0.05) is 20.8 Å². The number of hydrogen-bond donors (Lipinski definition) is 2. The molecule has 5 heteroatoms. The Bertz CT molecular complexity index is 303. The van der Waals surface area contributed by atoms with Gasteiger partial charge in [0.25, 0.3) is 0 Å². The Labute approximate surface area is 116 Å². The Morgan fingerprint density at radius 2 is 1.89 bits per heavy atom. The van der Waals surface area contributed by atoms with Crippen LogP contribution in [0.2, 0.25) is 0 Å². The fourth-order valence-electron chi connectivity index (χ4n) is 1.99. The van der Waals surface area contributed by atoms with Crippen LogP contribution in [0.1, 0.15) is 40.0 Å². The normalized spacial score (nSPS) is 12.9. The second-order valence-electron chi connectivity index (χ2n) is 5.99. The molecule has 0 radical (unpaired) electrons. The quantitative estimate of drug-likeness (QED) is 0.691. The molecule has 0 saturated heterocycles. The Morgan fingerprint density at radius 3 is 2.37 bits per heavy atom. The van der Waals surface area contributed by atoms with Gasteiger partial charge < -0.3 is 16.0 Å². The summed E-state index contributed by atoms with van der Waals surface area (Å²) < 4.78 is 0. The highest BCUT2D eigenvalue weighted by atomic mass is 16.2. The van der Waals surface area contributed by atoms with E-state index in [1.165, 1.54) is 0 Å². The van der Waals surface area contributed by atoms with Crippen molar-refractivity contribution in [3.8, 4) is 0 Å². The number of carbonyl (C=O) groups excluding carboxylic acids is 2. The number of nitrogens with two attached hydrogens (primary N) is 1. The summed E-state index contributed by atoms with van der Waals surface area (Å²) >= 11 is 0. The fourth-order valence-corrected chi connectivity index (χ4v) is 1.99. The van der Waals surface area contributed by atoms with Gasteiger partial charge in [-0.3, -0.25) is 9.59 Å². The fraction of sp³-hybridized carbons (Fsp3) is 0.857. The SMILES string of the molecule is CNC(=O)C(C)CN(C)C(=O)CCC(C)(C)CCN. The van der Waals surface area contributed by atoms with Gasteiger partial charge in [-0.25, -0.2) is 0 Å². The molecule has 0 rings (SSSR count). The molecule has 0 spiro atoms. The van der Waals surface area contributed by atoms with Crippen molar-refractivity contribution in [2.24, 2.45) is 17.1 Å². The van der Waals surface area contributed by atoms with E-state index >= 15 is 0 Å². The van der Waals surface area contributed by atoms with Crippen molar-refractivity contribution in [1.82, 2.24) is 10.2 Å². The first kappa shape index (κ1) is 17.9. The van der Waals surface area contributed by atoms with Gasteiger partial charge in [0.05, 0.1) is 5.92 Å². The lowest BCUT2D eigenvalue weighted by Crippen LogP contribution is -2.37. The van der Waals surface area contributed by atoms with E-state index in [-0.39, 0.29) is 23.1 Å². The summed E-state index contributed by atoms with van der Waals surface area (Å²) in [6.45, 7) is 7.17. The van der Waals surface area contributed by atoms with Crippen molar-refractivity contribution in [3.63, 3.8) is 0 Å². The minimum atomic E-state index is -0.184. The number of hydrogen-bond acceptors (Lipinski definition) is 3. The highest BCUT2D eigenvalue weighted by molar-refractivity contribution is 5.80. The third-order valence-corrected chi connectivity index (χ3v) is 3.50. The Kier molecular flexibility index (Phi) is 7.68. The molecule has 5 nitrogen and oxygen atoms in total. The van der Waals surface area contributed by atoms with E-state index in [9.17, 15) is 9.59 Å². The summed E-state index contributed by atoms with van der Waals surface area (Å²) in [5, 5.41) is 2.59. The molecule has 0 saturated carbocycles. The molecule has 1 unspecified atom stereocenters. The smallest absolute Gasteiger partial charge is 0.224 e. The van der Waals surface area contributed by atoms with Gasteiger partial charge in [-0.05, 0) is 24.8 Å². The minimum absolute atomic E-state index is 0.0388. The lowest BCUT2D eigenvalue weighted by molar-refractivity contribution is -0.132. The maximum atomic E-state index is 12.0. The molecule has 2 amide bonds. The second-order valence-corrected chi connectivity index (χ2v) is 5.99. The molecule has 0 aliphatic heterocycles. The van der Waals surface area contributed by atoms with Crippen LogP contribution in [0.25, 0.3) is 0 Å². The van der Waals surface area contributed by atoms with E-state index in [2.05, 4.69) is 19.2 Å². The van der Waals surface area contributed by atoms with Crippen molar-refractivity contribution in [3.05, 3.63) is 0 Å². The second kappa shape index (κ2) is 8.15. The van der Waals surface area contributed by atoms with Crippen molar-refractivity contribution < 1.29 is 9.59 Å². The Morgan fingerprint density at radius 1 is 1.32 bits per heavy atom. The standard InChI is InChI=1S/C14H29N3O2/c1-11(13(19)16-4)10-17(5)12(18)6-7-14(2,3)8-9-15/h11H,6-10,15H2,1-5H3,(H,16,19). The molecular weight excluding hydrogens is 242 g/mol. The average Bonchev–Trinajstić information content (AvgIpc) is 2.34. The summed E-state index contributed by atoms with van der Waals surface area (Å²) in [5.74, 6) is -0.139. The molecule has 0 bridgehead atoms. The molecule has 0 aliphatic rings. The number of nitrogens with zero attached hydrogens (tertiary/aromatic N) is 1. The van der Waals surface area contributed by atoms with E-state index < -0.39 is 0 Å². The molecular formula is C14H29N3O2. The van der Waals surface area contributed by atoms with Crippen LogP contribution < -0.4 is 11.1 Å². The Balaban J connectivity index is 4.17. The van der Waals surface area contributed by atoms with Gasteiger partial charge in [0.15, 0.2) is 0 Å². The van der Waals surface area contributed by atoms with E-state index in [1.807, 2.05) is 6.92 Å². The summed E-state index contributed by atoms with van der Waals surface area (Å²) in [7, 11) is 3.35. The van der Waals surface area contributed by atoms with Gasteiger partial charge in [-0.2, -0.15) is 0 Å². The molecule has 0 heterocycles. The molecule has 19 heavy (non-hydrogen) atoms. The lowest BCUT2D eigenvalue weighted by atomic mass is 9.84. The number of nitrogens with one attached hydrogen (secondary N) is 1. The zero-order valence-corrected chi connectivity index (χ0v) is 13.0. The Hall–Kier alpha value is -1.10. The highest BCUT2D eigenvalue weighted by Crippen LogP contribution is 2.26. The zero-order valence-electron chi connectivity index (χ0n) is 13.0. The highest BCUT2D eigenvalue weighted by Gasteiger charge is 2.21. The predicted octanol–water partition coefficient (Wildman–Crippen LogP) is 0.982. The van der Waals surface area contributed by atoms with Crippen molar-refractivity contribution in [2.75, 3.05) is 27.2 Å². The monoisotopic (exact) mass is 271 g/mol. The lowest BCUT2D eigenvalue weighted by Gasteiger charge is -2.26. The van der Waals surface area contributed by atoms with Crippen LogP contribution in [0.5, 0.6) is 0 Å². The van der Waals surface area contributed by atoms with Crippen LogP contribution in [0.3, 0.4) is 0 Å². The van der Waals surface area contributed by atoms with Gasteiger partial charge in [0, 0.05) is 27.1 Å². The van der Waals surface area contributed by atoms with Gasteiger partial charge >= 0.3 is 0 Å². The van der Waals surface area contributed by atoms with Crippen LogP contribution in [-0.4, -0.2) is 43.9 Å². The van der Waals surface area contributed by atoms with Crippen molar-refractivity contribution >= 4 is 11.8 Å². The predicted molar refractivity (Wildman–Crippen MR) is 77.6 cm³/mol. The van der Waals surface area contributed by atoms with Crippen LogP contribution in [-0.2, 0) is 9.59 Å². The summed E-state index contributed by atoms with van der Waals surface area (Å²) in [6, 6.07) is 0. The third kappa shape index (κ3) is 7.15. The topological polar surface area (TPSA) is 75.4 Å². The molecule has 0 aromatic carbocycles. The zero-order chi connectivity index (χ0) is 15.1. The van der Waals surface area contributed by atoms with Crippen molar-refractivity contribution in [2.45, 2.75) is 40.0 Å².